The summed E-state index contributed by atoms with van der Waals surface area (Å²) in [5, 5.41) is 4.37. The van der Waals surface area contributed by atoms with E-state index in [-0.39, 0.29) is 24.9 Å². The lowest BCUT2D eigenvalue weighted by atomic mass is 10.2. The summed E-state index contributed by atoms with van der Waals surface area (Å²) < 4.78 is 23.9. The zero-order valence-electron chi connectivity index (χ0n) is 16.0. The van der Waals surface area contributed by atoms with Crippen LogP contribution in [0.15, 0.2) is 47.2 Å². The van der Waals surface area contributed by atoms with Gasteiger partial charge in [0.2, 0.25) is 0 Å². The highest BCUT2D eigenvalue weighted by molar-refractivity contribution is 7.12. The number of thiophene rings is 1. The molecule has 1 atom stereocenters. The first kappa shape index (κ1) is 20.5. The van der Waals surface area contributed by atoms with E-state index in [2.05, 4.69) is 4.98 Å². The molecule has 0 spiro atoms. The molecule has 3 heterocycles. The molecule has 0 aliphatic carbocycles. The SMILES string of the molecule is O=C(OCc1csc(COc2ccc(F)cc2)n1)[C@@H]1CCCN1C(=O)c1cccs1. The molecule has 1 amide bonds. The molecule has 0 saturated carbocycles. The van der Waals surface area contributed by atoms with Crippen molar-refractivity contribution in [3.63, 3.8) is 0 Å². The predicted octanol–water partition coefficient (Wildman–Crippen LogP) is 4.27. The van der Waals surface area contributed by atoms with Gasteiger partial charge >= 0.3 is 5.97 Å². The molecule has 6 nitrogen and oxygen atoms in total. The van der Waals surface area contributed by atoms with Gasteiger partial charge in [0, 0.05) is 11.9 Å². The highest BCUT2D eigenvalue weighted by atomic mass is 32.1. The minimum Gasteiger partial charge on any atom is -0.486 e. The van der Waals surface area contributed by atoms with Crippen LogP contribution < -0.4 is 4.74 Å². The summed E-state index contributed by atoms with van der Waals surface area (Å²) in [6.07, 6.45) is 1.38. The molecule has 4 rings (SSSR count). The largest absolute Gasteiger partial charge is 0.486 e. The third-order valence-corrected chi connectivity index (χ3v) is 6.38. The van der Waals surface area contributed by atoms with Gasteiger partial charge in [-0.1, -0.05) is 6.07 Å². The van der Waals surface area contributed by atoms with Crippen molar-refractivity contribution in [1.29, 1.82) is 0 Å². The number of ether oxygens (including phenoxy) is 2. The van der Waals surface area contributed by atoms with E-state index in [9.17, 15) is 14.0 Å². The highest BCUT2D eigenvalue weighted by Gasteiger charge is 2.36. The normalized spacial score (nSPS) is 15.9. The van der Waals surface area contributed by atoms with Gasteiger partial charge in [0.15, 0.2) is 0 Å². The van der Waals surface area contributed by atoms with Gasteiger partial charge in [-0.2, -0.15) is 0 Å². The Hall–Kier alpha value is -2.78. The molecule has 1 aliphatic rings. The van der Waals surface area contributed by atoms with Gasteiger partial charge in [0.1, 0.15) is 35.8 Å². The highest BCUT2D eigenvalue weighted by Crippen LogP contribution is 2.24. The number of carbonyl (C=O) groups excluding carboxylic acids is 2. The van der Waals surface area contributed by atoms with Crippen LogP contribution in [-0.2, 0) is 22.7 Å². The monoisotopic (exact) mass is 446 g/mol. The fourth-order valence-corrected chi connectivity index (χ4v) is 4.56. The Kier molecular flexibility index (Phi) is 6.39. The maximum atomic E-state index is 12.9. The summed E-state index contributed by atoms with van der Waals surface area (Å²) in [5.74, 6) is -0.303. The number of rotatable bonds is 7. The van der Waals surface area contributed by atoms with Crippen molar-refractivity contribution in [3.8, 4) is 5.75 Å². The van der Waals surface area contributed by atoms with Crippen LogP contribution in [0.4, 0.5) is 4.39 Å². The topological polar surface area (TPSA) is 68.7 Å². The fraction of sp³-hybridized carbons (Fsp3) is 0.286. The Labute approximate surface area is 180 Å². The van der Waals surface area contributed by atoms with Crippen LogP contribution in [0.3, 0.4) is 0 Å². The van der Waals surface area contributed by atoms with Crippen LogP contribution in [-0.4, -0.2) is 34.3 Å². The lowest BCUT2D eigenvalue weighted by Gasteiger charge is -2.22. The standard InChI is InChI=1S/C21H19FN2O4S2/c22-14-5-7-16(8-6-14)27-12-19-23-15(13-30-19)11-28-21(26)17-3-1-9-24(17)20(25)18-4-2-10-29-18/h2,4-8,10,13,17H,1,3,9,11-12H2/t17-/m0/s1. The smallest absolute Gasteiger partial charge is 0.329 e. The van der Waals surface area contributed by atoms with Gasteiger partial charge in [-0.05, 0) is 48.6 Å². The van der Waals surface area contributed by atoms with E-state index in [4.69, 9.17) is 9.47 Å². The van der Waals surface area contributed by atoms with E-state index in [0.29, 0.717) is 29.3 Å². The lowest BCUT2D eigenvalue weighted by molar-refractivity contribution is -0.149. The van der Waals surface area contributed by atoms with Crippen LogP contribution in [0.5, 0.6) is 5.75 Å². The van der Waals surface area contributed by atoms with Crippen LogP contribution in [0, 0.1) is 5.82 Å². The quantitative estimate of drug-likeness (QED) is 0.507. The van der Waals surface area contributed by atoms with E-state index in [1.807, 2.05) is 11.4 Å². The van der Waals surface area contributed by atoms with E-state index in [0.717, 1.165) is 11.4 Å². The van der Waals surface area contributed by atoms with Crippen LogP contribution >= 0.6 is 22.7 Å². The molecule has 3 aromatic rings. The number of halogens is 1. The molecule has 0 bridgehead atoms. The zero-order valence-corrected chi connectivity index (χ0v) is 17.6. The van der Waals surface area contributed by atoms with Gasteiger partial charge in [-0.3, -0.25) is 4.79 Å². The maximum absolute atomic E-state index is 12.9. The third kappa shape index (κ3) is 4.85. The Morgan fingerprint density at radius 3 is 2.77 bits per heavy atom. The van der Waals surface area contributed by atoms with E-state index in [1.54, 1.807) is 28.5 Å². The number of benzene rings is 1. The van der Waals surface area contributed by atoms with Gasteiger partial charge < -0.3 is 14.4 Å². The summed E-state index contributed by atoms with van der Waals surface area (Å²) in [4.78, 5) is 31.8. The first-order chi connectivity index (χ1) is 14.6. The summed E-state index contributed by atoms with van der Waals surface area (Å²) in [6, 6.07) is 8.79. The number of aromatic nitrogens is 1. The summed E-state index contributed by atoms with van der Waals surface area (Å²) >= 11 is 2.76. The predicted molar refractivity (Wildman–Crippen MR) is 111 cm³/mol. The molecule has 0 unspecified atom stereocenters. The molecule has 1 aliphatic heterocycles. The number of hydrogen-bond donors (Lipinski definition) is 0. The van der Waals surface area contributed by atoms with Gasteiger partial charge in [0.25, 0.3) is 5.91 Å². The molecule has 0 N–H and O–H groups in total. The van der Waals surface area contributed by atoms with Crippen molar-refractivity contribution < 1.29 is 23.5 Å². The molecule has 9 heteroatoms. The van der Waals surface area contributed by atoms with Gasteiger partial charge in [-0.25, -0.2) is 14.2 Å². The van der Waals surface area contributed by atoms with E-state index in [1.165, 1.54) is 34.8 Å². The average Bonchev–Trinajstić information content (AvgIpc) is 3.53. The Balaban J connectivity index is 1.28. The van der Waals surface area contributed by atoms with Crippen molar-refractivity contribution in [2.24, 2.45) is 0 Å². The number of thiazole rings is 1. The minimum absolute atomic E-state index is 0.0451. The molecule has 2 aromatic heterocycles. The second-order valence-corrected chi connectivity index (χ2v) is 8.61. The van der Waals surface area contributed by atoms with Crippen molar-refractivity contribution in [2.45, 2.75) is 32.1 Å². The van der Waals surface area contributed by atoms with Crippen molar-refractivity contribution >= 4 is 34.6 Å². The number of nitrogens with zero attached hydrogens (tertiary/aromatic N) is 2. The van der Waals surface area contributed by atoms with Crippen LogP contribution in [0.1, 0.15) is 33.2 Å². The summed E-state index contributed by atoms with van der Waals surface area (Å²) in [6.45, 7) is 0.845. The van der Waals surface area contributed by atoms with E-state index < -0.39 is 12.0 Å². The molecule has 1 fully saturated rings. The average molecular weight is 447 g/mol. The Morgan fingerprint density at radius 2 is 2.00 bits per heavy atom. The molecule has 1 aromatic carbocycles. The number of amides is 1. The minimum atomic E-state index is -0.556. The maximum Gasteiger partial charge on any atom is 0.329 e. The number of esters is 1. The second kappa shape index (κ2) is 9.36. The zero-order chi connectivity index (χ0) is 20.9. The van der Waals surface area contributed by atoms with Gasteiger partial charge in [0.05, 0.1) is 10.6 Å². The number of carbonyl (C=O) groups is 2. The van der Waals surface area contributed by atoms with Crippen molar-refractivity contribution in [3.05, 3.63) is 68.6 Å². The Bertz CT molecular complexity index is 1000. The summed E-state index contributed by atoms with van der Waals surface area (Å²) in [7, 11) is 0. The second-order valence-electron chi connectivity index (χ2n) is 6.72. The summed E-state index contributed by atoms with van der Waals surface area (Å²) in [5.41, 5.74) is 0.625. The van der Waals surface area contributed by atoms with Gasteiger partial charge in [-0.15, -0.1) is 22.7 Å². The lowest BCUT2D eigenvalue weighted by Crippen LogP contribution is -2.41. The van der Waals surface area contributed by atoms with Crippen molar-refractivity contribution in [2.75, 3.05) is 6.54 Å². The molecule has 0 radical (unpaired) electrons. The molecular weight excluding hydrogens is 427 g/mol. The molecule has 1 saturated heterocycles. The molecule has 156 valence electrons. The molecular formula is C21H19FN2O4S2. The van der Waals surface area contributed by atoms with Crippen LogP contribution in [0.25, 0.3) is 0 Å². The third-order valence-electron chi connectivity index (χ3n) is 4.66. The first-order valence-corrected chi connectivity index (χ1v) is 11.2. The van der Waals surface area contributed by atoms with Crippen molar-refractivity contribution in [1.82, 2.24) is 9.88 Å². The molecule has 30 heavy (non-hydrogen) atoms. The fourth-order valence-electron chi connectivity index (χ4n) is 3.20. The Morgan fingerprint density at radius 1 is 1.17 bits per heavy atom. The number of hydrogen-bond acceptors (Lipinski definition) is 7. The van der Waals surface area contributed by atoms with E-state index >= 15 is 0 Å². The number of likely N-dealkylation sites (tertiary alicyclic amines) is 1. The van der Waals surface area contributed by atoms with Crippen LogP contribution in [0.2, 0.25) is 0 Å². The first-order valence-electron chi connectivity index (χ1n) is 9.43.